The molecule has 1 aliphatic carbocycles. The molecule has 0 heteroatoms. The monoisotopic (exact) mass is 330 g/mol. The van der Waals surface area contributed by atoms with Crippen LogP contribution < -0.4 is 0 Å². The maximum Gasteiger partial charge on any atom is -0.0102 e. The number of hydrogen-bond acceptors (Lipinski definition) is 0. The van der Waals surface area contributed by atoms with E-state index in [0.717, 1.165) is 5.92 Å². The van der Waals surface area contributed by atoms with Crippen LogP contribution in [0.4, 0.5) is 0 Å². The second-order valence-electron chi connectivity index (χ2n) is 8.16. The van der Waals surface area contributed by atoms with Crippen molar-refractivity contribution in [1.29, 1.82) is 0 Å². The molecule has 0 radical (unpaired) electrons. The highest BCUT2D eigenvalue weighted by Crippen LogP contribution is 2.40. The van der Waals surface area contributed by atoms with E-state index in [-0.39, 0.29) is 0 Å². The normalized spacial score (nSPS) is 17.4. The molecule has 1 aliphatic rings. The van der Waals surface area contributed by atoms with Gasteiger partial charge in [-0.05, 0) is 75.8 Å². The molecule has 130 valence electrons. The van der Waals surface area contributed by atoms with Crippen LogP contribution in [0, 0.1) is 0 Å². The Labute approximate surface area is 152 Å². The van der Waals surface area contributed by atoms with E-state index in [1.807, 2.05) is 0 Å². The molecule has 0 bridgehead atoms. The summed E-state index contributed by atoms with van der Waals surface area (Å²) in [6.45, 7) is 6.88. The minimum absolute atomic E-state index is 0.579. The number of fused-ring (bicyclic) bond motifs is 5. The molecule has 4 rings (SSSR count). The van der Waals surface area contributed by atoms with Gasteiger partial charge in [-0.2, -0.15) is 0 Å². The lowest BCUT2D eigenvalue weighted by Crippen LogP contribution is -2.10. The van der Waals surface area contributed by atoms with Gasteiger partial charge >= 0.3 is 0 Å². The molecular formula is C25H30. The van der Waals surface area contributed by atoms with Gasteiger partial charge in [0.25, 0.3) is 0 Å². The lowest BCUT2D eigenvalue weighted by Gasteiger charge is -2.27. The SMILES string of the molecule is CCCCC1CCCc2c1ccc1c2ccc2ccc(C(C)C)cc21. The minimum atomic E-state index is 0.579. The van der Waals surface area contributed by atoms with Gasteiger partial charge in [-0.15, -0.1) is 0 Å². The molecule has 0 heterocycles. The third-order valence-electron chi connectivity index (χ3n) is 6.18. The molecule has 1 unspecified atom stereocenters. The molecule has 0 saturated heterocycles. The first-order chi connectivity index (χ1) is 12.2. The van der Waals surface area contributed by atoms with E-state index in [2.05, 4.69) is 63.2 Å². The average molecular weight is 331 g/mol. The molecule has 0 nitrogen and oxygen atoms in total. The summed E-state index contributed by atoms with van der Waals surface area (Å²) >= 11 is 0. The van der Waals surface area contributed by atoms with Crippen LogP contribution in [0.5, 0.6) is 0 Å². The Kier molecular flexibility index (Phi) is 4.54. The van der Waals surface area contributed by atoms with Crippen LogP contribution >= 0.6 is 0 Å². The van der Waals surface area contributed by atoms with Crippen LogP contribution in [-0.2, 0) is 6.42 Å². The number of hydrogen-bond donors (Lipinski definition) is 0. The van der Waals surface area contributed by atoms with Gasteiger partial charge in [0.2, 0.25) is 0 Å². The Hall–Kier alpha value is -1.82. The fourth-order valence-corrected chi connectivity index (χ4v) is 4.68. The summed E-state index contributed by atoms with van der Waals surface area (Å²) in [5.74, 6) is 1.36. The smallest absolute Gasteiger partial charge is 0.0102 e. The van der Waals surface area contributed by atoms with Crippen LogP contribution in [0.2, 0.25) is 0 Å². The van der Waals surface area contributed by atoms with Crippen molar-refractivity contribution < 1.29 is 0 Å². The third kappa shape index (κ3) is 2.97. The Bertz CT molecular complexity index is 901. The van der Waals surface area contributed by atoms with E-state index in [4.69, 9.17) is 0 Å². The van der Waals surface area contributed by atoms with Gasteiger partial charge < -0.3 is 0 Å². The first-order valence-corrected chi connectivity index (χ1v) is 10.2. The third-order valence-corrected chi connectivity index (χ3v) is 6.18. The second-order valence-corrected chi connectivity index (χ2v) is 8.16. The molecule has 0 aromatic heterocycles. The molecule has 0 fully saturated rings. The highest BCUT2D eigenvalue weighted by Gasteiger charge is 2.21. The number of aryl methyl sites for hydroxylation is 1. The zero-order chi connectivity index (χ0) is 17.4. The molecule has 0 amide bonds. The van der Waals surface area contributed by atoms with Crippen molar-refractivity contribution in [2.24, 2.45) is 0 Å². The highest BCUT2D eigenvalue weighted by atomic mass is 14.3. The zero-order valence-electron chi connectivity index (χ0n) is 15.9. The summed E-state index contributed by atoms with van der Waals surface area (Å²) < 4.78 is 0. The summed E-state index contributed by atoms with van der Waals surface area (Å²) in [4.78, 5) is 0. The second kappa shape index (κ2) is 6.83. The van der Waals surface area contributed by atoms with Crippen LogP contribution in [0.1, 0.15) is 81.4 Å². The van der Waals surface area contributed by atoms with Gasteiger partial charge in [-0.3, -0.25) is 0 Å². The fourth-order valence-electron chi connectivity index (χ4n) is 4.68. The van der Waals surface area contributed by atoms with Crippen LogP contribution in [0.15, 0.2) is 42.5 Å². The van der Waals surface area contributed by atoms with Crippen molar-refractivity contribution in [3.05, 3.63) is 59.2 Å². The average Bonchev–Trinajstić information content (AvgIpc) is 2.65. The first kappa shape index (κ1) is 16.6. The maximum absolute atomic E-state index is 2.46. The van der Waals surface area contributed by atoms with Crippen molar-refractivity contribution in [3.8, 4) is 0 Å². The van der Waals surface area contributed by atoms with Crippen LogP contribution in [0.25, 0.3) is 21.5 Å². The van der Waals surface area contributed by atoms with E-state index >= 15 is 0 Å². The summed E-state index contributed by atoms with van der Waals surface area (Å²) in [5, 5.41) is 5.76. The van der Waals surface area contributed by atoms with E-state index < -0.39 is 0 Å². The Morgan fingerprint density at radius 3 is 2.56 bits per heavy atom. The largest absolute Gasteiger partial charge is 0.0654 e. The van der Waals surface area contributed by atoms with E-state index in [0.29, 0.717) is 5.92 Å². The lowest BCUT2D eigenvalue weighted by atomic mass is 9.78. The molecule has 0 saturated carbocycles. The maximum atomic E-state index is 2.46. The number of benzene rings is 3. The van der Waals surface area contributed by atoms with E-state index in [1.54, 1.807) is 11.1 Å². The predicted molar refractivity (Wildman–Crippen MR) is 111 cm³/mol. The van der Waals surface area contributed by atoms with Gasteiger partial charge in [-0.25, -0.2) is 0 Å². The van der Waals surface area contributed by atoms with Gasteiger partial charge in [0.1, 0.15) is 0 Å². The van der Waals surface area contributed by atoms with Gasteiger partial charge in [-0.1, -0.05) is 76.1 Å². The van der Waals surface area contributed by atoms with Crippen LogP contribution in [0.3, 0.4) is 0 Å². The Morgan fingerprint density at radius 2 is 1.76 bits per heavy atom. The van der Waals surface area contributed by atoms with Gasteiger partial charge in [0.15, 0.2) is 0 Å². The van der Waals surface area contributed by atoms with Gasteiger partial charge in [0.05, 0.1) is 0 Å². The first-order valence-electron chi connectivity index (χ1n) is 10.2. The zero-order valence-corrected chi connectivity index (χ0v) is 15.9. The molecule has 3 aromatic rings. The quantitative estimate of drug-likeness (QED) is 0.429. The predicted octanol–water partition coefficient (Wildman–Crippen LogP) is 7.73. The topological polar surface area (TPSA) is 0 Å². The van der Waals surface area contributed by atoms with Crippen molar-refractivity contribution >= 4 is 21.5 Å². The molecule has 0 aliphatic heterocycles. The summed E-state index contributed by atoms with van der Waals surface area (Å²) in [6.07, 6.45) is 8.01. The Balaban J connectivity index is 1.90. The van der Waals surface area contributed by atoms with Crippen molar-refractivity contribution in [1.82, 2.24) is 0 Å². The molecule has 1 atom stereocenters. The van der Waals surface area contributed by atoms with E-state index in [9.17, 15) is 0 Å². The number of rotatable bonds is 4. The van der Waals surface area contributed by atoms with Crippen molar-refractivity contribution in [2.75, 3.05) is 0 Å². The Morgan fingerprint density at radius 1 is 0.960 bits per heavy atom. The molecule has 3 aromatic carbocycles. The van der Waals surface area contributed by atoms with E-state index in [1.165, 1.54) is 65.6 Å². The van der Waals surface area contributed by atoms with Crippen molar-refractivity contribution in [3.63, 3.8) is 0 Å². The minimum Gasteiger partial charge on any atom is -0.0654 e. The highest BCUT2D eigenvalue weighted by molar-refractivity contribution is 6.09. The molecular weight excluding hydrogens is 300 g/mol. The van der Waals surface area contributed by atoms with Crippen LogP contribution in [-0.4, -0.2) is 0 Å². The summed E-state index contributed by atoms with van der Waals surface area (Å²) in [6, 6.07) is 16.6. The van der Waals surface area contributed by atoms with Crippen molar-refractivity contribution in [2.45, 2.75) is 71.1 Å². The lowest BCUT2D eigenvalue weighted by molar-refractivity contribution is 0.503. The summed E-state index contributed by atoms with van der Waals surface area (Å²) in [5.41, 5.74) is 4.73. The molecule has 0 spiro atoms. The number of unbranched alkanes of at least 4 members (excludes halogenated alkanes) is 1. The molecule has 25 heavy (non-hydrogen) atoms. The fraction of sp³-hybridized carbons (Fsp3) is 0.440. The van der Waals surface area contributed by atoms with Gasteiger partial charge in [0, 0.05) is 0 Å². The molecule has 0 N–H and O–H groups in total. The standard InChI is InChI=1S/C25H30/c1-4-5-7-18-8-6-9-22-21(18)14-15-24-23(22)13-12-19-10-11-20(17(2)3)16-25(19)24/h10-18H,4-9H2,1-3H3. The summed E-state index contributed by atoms with van der Waals surface area (Å²) in [7, 11) is 0.